The fraction of sp³-hybridized carbons (Fsp3) is 0.286. The zero-order chi connectivity index (χ0) is 14.0. The summed E-state index contributed by atoms with van der Waals surface area (Å²) in [6, 6.07) is 8.82. The van der Waals surface area contributed by atoms with Crippen molar-refractivity contribution in [2.24, 2.45) is 0 Å². The molecule has 0 fully saturated rings. The molecule has 3 nitrogen and oxygen atoms in total. The topological polar surface area (TPSA) is 46.2 Å². The van der Waals surface area contributed by atoms with Crippen molar-refractivity contribution in [3.63, 3.8) is 0 Å². The minimum atomic E-state index is -3.47. The summed E-state index contributed by atoms with van der Waals surface area (Å²) in [6.07, 6.45) is 0. The van der Waals surface area contributed by atoms with Gasteiger partial charge in [0.05, 0.1) is 10.9 Å². The van der Waals surface area contributed by atoms with Gasteiger partial charge in [-0.05, 0) is 55.5 Å². The number of hydrogen-bond acceptors (Lipinski definition) is 3. The van der Waals surface area contributed by atoms with Crippen LogP contribution in [-0.4, -0.2) is 8.42 Å². The van der Waals surface area contributed by atoms with E-state index in [0.717, 1.165) is 16.0 Å². The molecule has 0 radical (unpaired) electrons. The van der Waals surface area contributed by atoms with E-state index in [1.165, 1.54) is 0 Å². The molecule has 2 aromatic rings. The number of nitrogens with one attached hydrogen (secondary N) is 1. The number of aryl methyl sites for hydroxylation is 2. The average molecular weight is 295 g/mol. The minimum absolute atomic E-state index is 0.216. The molecule has 1 aromatic heterocycles. The summed E-state index contributed by atoms with van der Waals surface area (Å²) >= 11 is 1.55. The number of benzene rings is 1. The van der Waals surface area contributed by atoms with Crippen LogP contribution in [0.5, 0.6) is 0 Å². The SMILES string of the molecule is Cc1ccc(S(=O)(=O)N[C@@H](C)c2cccs2)cc1C. The van der Waals surface area contributed by atoms with Crippen molar-refractivity contribution in [3.8, 4) is 0 Å². The van der Waals surface area contributed by atoms with E-state index < -0.39 is 10.0 Å². The molecule has 0 saturated carbocycles. The Labute approximate surface area is 118 Å². The highest BCUT2D eigenvalue weighted by Crippen LogP contribution is 2.21. The van der Waals surface area contributed by atoms with Gasteiger partial charge in [0.1, 0.15) is 0 Å². The number of sulfonamides is 1. The van der Waals surface area contributed by atoms with Gasteiger partial charge in [0.15, 0.2) is 0 Å². The molecule has 0 bridgehead atoms. The molecule has 1 heterocycles. The fourth-order valence-electron chi connectivity index (χ4n) is 1.78. The Morgan fingerprint density at radius 3 is 2.47 bits per heavy atom. The fourth-order valence-corrected chi connectivity index (χ4v) is 3.89. The summed E-state index contributed by atoms with van der Waals surface area (Å²) in [6.45, 7) is 5.73. The summed E-state index contributed by atoms with van der Waals surface area (Å²) in [5.74, 6) is 0. The molecule has 0 amide bonds. The molecule has 2 rings (SSSR count). The van der Waals surface area contributed by atoms with Crippen molar-refractivity contribution in [3.05, 3.63) is 51.7 Å². The van der Waals surface area contributed by atoms with Crippen molar-refractivity contribution in [2.45, 2.75) is 31.7 Å². The van der Waals surface area contributed by atoms with Gasteiger partial charge in [-0.3, -0.25) is 0 Å². The molecule has 0 aliphatic carbocycles. The van der Waals surface area contributed by atoms with Gasteiger partial charge < -0.3 is 0 Å². The highest BCUT2D eigenvalue weighted by molar-refractivity contribution is 7.89. The van der Waals surface area contributed by atoms with E-state index in [0.29, 0.717) is 4.90 Å². The Hall–Kier alpha value is -1.17. The van der Waals surface area contributed by atoms with E-state index in [2.05, 4.69) is 4.72 Å². The number of rotatable bonds is 4. The van der Waals surface area contributed by atoms with Crippen LogP contribution in [0.15, 0.2) is 40.6 Å². The Balaban J connectivity index is 2.25. The van der Waals surface area contributed by atoms with Gasteiger partial charge in [-0.15, -0.1) is 11.3 Å². The maximum Gasteiger partial charge on any atom is 0.241 e. The Bertz CT molecular complexity index is 661. The van der Waals surface area contributed by atoms with Crippen LogP contribution in [0.25, 0.3) is 0 Å². The van der Waals surface area contributed by atoms with E-state index in [4.69, 9.17) is 0 Å². The first kappa shape index (κ1) is 14.2. The molecule has 0 spiro atoms. The van der Waals surface area contributed by atoms with Gasteiger partial charge in [-0.2, -0.15) is 0 Å². The van der Waals surface area contributed by atoms with E-state index in [1.807, 2.05) is 44.4 Å². The normalized spacial score (nSPS) is 13.4. The van der Waals surface area contributed by atoms with Crippen LogP contribution in [0.3, 0.4) is 0 Å². The van der Waals surface area contributed by atoms with Crippen LogP contribution in [0.1, 0.15) is 29.0 Å². The van der Waals surface area contributed by atoms with Crippen LogP contribution < -0.4 is 4.72 Å². The lowest BCUT2D eigenvalue weighted by atomic mass is 10.1. The van der Waals surface area contributed by atoms with Crippen molar-refractivity contribution in [1.82, 2.24) is 4.72 Å². The highest BCUT2D eigenvalue weighted by Gasteiger charge is 2.19. The molecule has 19 heavy (non-hydrogen) atoms. The second-order valence-electron chi connectivity index (χ2n) is 4.60. The first-order chi connectivity index (χ1) is 8.90. The Kier molecular flexibility index (Phi) is 4.08. The largest absolute Gasteiger partial charge is 0.241 e. The molecular weight excluding hydrogens is 278 g/mol. The predicted octanol–water partition coefficient (Wildman–Crippen LogP) is 3.40. The highest BCUT2D eigenvalue weighted by atomic mass is 32.2. The molecule has 5 heteroatoms. The third kappa shape index (κ3) is 3.23. The summed E-state index contributed by atoms with van der Waals surface area (Å²) in [5, 5.41) is 1.94. The second-order valence-corrected chi connectivity index (χ2v) is 7.30. The lowest BCUT2D eigenvalue weighted by Crippen LogP contribution is -2.26. The summed E-state index contributed by atoms with van der Waals surface area (Å²) in [5.41, 5.74) is 2.07. The van der Waals surface area contributed by atoms with Crippen LogP contribution in [0.4, 0.5) is 0 Å². The van der Waals surface area contributed by atoms with Gasteiger partial charge >= 0.3 is 0 Å². The summed E-state index contributed by atoms with van der Waals surface area (Å²) < 4.78 is 27.3. The summed E-state index contributed by atoms with van der Waals surface area (Å²) in [4.78, 5) is 1.33. The first-order valence-corrected chi connectivity index (χ1v) is 8.39. The standard InChI is InChI=1S/C14H17NO2S2/c1-10-6-7-13(9-11(10)2)19(16,17)15-12(3)14-5-4-8-18-14/h4-9,12,15H,1-3H3/t12-/m0/s1. The Morgan fingerprint density at radius 2 is 1.89 bits per heavy atom. The Morgan fingerprint density at radius 1 is 1.16 bits per heavy atom. The van der Waals surface area contributed by atoms with Gasteiger partial charge in [0, 0.05) is 4.88 Å². The zero-order valence-electron chi connectivity index (χ0n) is 11.2. The molecule has 0 aliphatic heterocycles. The number of thiophene rings is 1. The first-order valence-electron chi connectivity index (χ1n) is 6.03. The van der Waals surface area contributed by atoms with E-state index in [9.17, 15) is 8.42 Å². The van der Waals surface area contributed by atoms with Crippen molar-refractivity contribution >= 4 is 21.4 Å². The lowest BCUT2D eigenvalue weighted by molar-refractivity contribution is 0.568. The van der Waals surface area contributed by atoms with Crippen molar-refractivity contribution < 1.29 is 8.42 Å². The maximum atomic E-state index is 12.3. The quantitative estimate of drug-likeness (QED) is 0.939. The predicted molar refractivity (Wildman–Crippen MR) is 79.0 cm³/mol. The molecule has 1 atom stereocenters. The van der Waals surface area contributed by atoms with Gasteiger partial charge in [-0.1, -0.05) is 12.1 Å². The molecule has 1 aromatic carbocycles. The van der Waals surface area contributed by atoms with Crippen molar-refractivity contribution in [1.29, 1.82) is 0 Å². The number of hydrogen-bond donors (Lipinski definition) is 1. The minimum Gasteiger partial charge on any atom is -0.207 e. The average Bonchev–Trinajstić information content (AvgIpc) is 2.85. The van der Waals surface area contributed by atoms with Crippen LogP contribution in [-0.2, 0) is 10.0 Å². The van der Waals surface area contributed by atoms with Crippen molar-refractivity contribution in [2.75, 3.05) is 0 Å². The van der Waals surface area contributed by atoms with Crippen LogP contribution in [0.2, 0.25) is 0 Å². The van der Waals surface area contributed by atoms with Gasteiger partial charge in [-0.25, -0.2) is 13.1 Å². The monoisotopic (exact) mass is 295 g/mol. The molecule has 0 unspecified atom stereocenters. The molecule has 102 valence electrons. The lowest BCUT2D eigenvalue weighted by Gasteiger charge is -2.13. The third-order valence-electron chi connectivity index (χ3n) is 3.09. The second kappa shape index (κ2) is 5.45. The third-order valence-corrected chi connectivity index (χ3v) is 5.68. The van der Waals surface area contributed by atoms with E-state index in [-0.39, 0.29) is 6.04 Å². The molecule has 0 aliphatic rings. The smallest absolute Gasteiger partial charge is 0.207 e. The van der Waals surface area contributed by atoms with E-state index >= 15 is 0 Å². The van der Waals surface area contributed by atoms with Crippen LogP contribution >= 0.6 is 11.3 Å². The van der Waals surface area contributed by atoms with Gasteiger partial charge in [0.25, 0.3) is 0 Å². The van der Waals surface area contributed by atoms with Crippen LogP contribution in [0, 0.1) is 13.8 Å². The van der Waals surface area contributed by atoms with E-state index in [1.54, 1.807) is 23.5 Å². The molecule has 0 saturated heterocycles. The zero-order valence-corrected chi connectivity index (χ0v) is 12.8. The maximum absolute atomic E-state index is 12.3. The molecular formula is C14H17NO2S2. The molecule has 1 N–H and O–H groups in total. The summed E-state index contributed by atoms with van der Waals surface area (Å²) in [7, 11) is -3.47. The van der Waals surface area contributed by atoms with Gasteiger partial charge in [0.2, 0.25) is 10.0 Å².